The van der Waals surface area contributed by atoms with Gasteiger partial charge in [-0.25, -0.2) is 14.2 Å². The molecule has 10 nitrogen and oxygen atoms in total. The van der Waals surface area contributed by atoms with Gasteiger partial charge in [-0.3, -0.25) is 9.69 Å². The third-order valence-corrected chi connectivity index (χ3v) is 6.33. The van der Waals surface area contributed by atoms with E-state index in [1.807, 2.05) is 25.7 Å². The molecule has 0 spiro atoms. The molecule has 2 aromatic heterocycles. The fourth-order valence-electron chi connectivity index (χ4n) is 4.16. The Labute approximate surface area is 237 Å². The van der Waals surface area contributed by atoms with E-state index in [2.05, 4.69) is 25.8 Å². The number of pyridine rings is 1. The van der Waals surface area contributed by atoms with Crippen LogP contribution < -0.4 is 10.6 Å². The van der Waals surface area contributed by atoms with Gasteiger partial charge in [-0.2, -0.15) is 10.2 Å². The van der Waals surface area contributed by atoms with Crippen molar-refractivity contribution in [3.8, 4) is 11.3 Å². The molecule has 212 valence electrons. The zero-order chi connectivity index (χ0) is 28.9. The smallest absolute Gasteiger partial charge is 0.410 e. The number of carbonyl (C=O) groups excluding carboxylic acids is 2. The number of rotatable bonds is 6. The minimum Gasteiger partial charge on any atom is -0.444 e. The lowest BCUT2D eigenvalue weighted by Gasteiger charge is -2.26. The van der Waals surface area contributed by atoms with Crippen molar-refractivity contribution in [2.45, 2.75) is 39.7 Å². The van der Waals surface area contributed by atoms with E-state index in [9.17, 15) is 14.0 Å². The van der Waals surface area contributed by atoms with E-state index in [4.69, 9.17) is 16.3 Å². The molecule has 0 aliphatic carbocycles. The molecule has 0 radical (unpaired) electrons. The number of nitrogens with one attached hydrogen (secondary N) is 2. The lowest BCUT2D eigenvalue weighted by molar-refractivity contribution is -0.117. The van der Waals surface area contributed by atoms with E-state index in [1.165, 1.54) is 18.2 Å². The maximum absolute atomic E-state index is 14.4. The number of nitrogens with zero attached hydrogens (tertiary/aromatic N) is 5. The standard InChI is InChI=1S/C28H33ClFN7O3/c1-18-23(16-24(35-34-18)21-14-19(29)6-7-22(21)30)32-20-8-9-31-25(15-20)33-26(38)17-36-10-5-11-37(13-12-36)27(39)40-28(2,3)4/h6-9,14-16H,5,10-13,17H2,1-4H3,(H2,31,32,33,35,38). The van der Waals surface area contributed by atoms with Crippen LogP contribution >= 0.6 is 11.6 Å². The first kappa shape index (κ1) is 29.2. The molecule has 3 heterocycles. The van der Waals surface area contributed by atoms with Gasteiger partial charge in [0, 0.05) is 54.7 Å². The Bertz CT molecular complexity index is 1380. The van der Waals surface area contributed by atoms with E-state index in [1.54, 1.807) is 36.2 Å². The maximum atomic E-state index is 14.4. The van der Waals surface area contributed by atoms with Crippen LogP contribution in [-0.2, 0) is 9.53 Å². The van der Waals surface area contributed by atoms with Crippen molar-refractivity contribution < 1.29 is 18.7 Å². The summed E-state index contributed by atoms with van der Waals surface area (Å²) in [7, 11) is 0. The number of hydrogen-bond donors (Lipinski definition) is 2. The fraction of sp³-hybridized carbons (Fsp3) is 0.393. The third kappa shape index (κ3) is 8.09. The number of halogens is 2. The highest BCUT2D eigenvalue weighted by Gasteiger charge is 2.25. The summed E-state index contributed by atoms with van der Waals surface area (Å²) >= 11 is 6.04. The van der Waals surface area contributed by atoms with Crippen molar-refractivity contribution in [1.29, 1.82) is 0 Å². The van der Waals surface area contributed by atoms with Crippen LogP contribution in [0.5, 0.6) is 0 Å². The lowest BCUT2D eigenvalue weighted by atomic mass is 10.1. The quantitative estimate of drug-likeness (QED) is 0.413. The second kappa shape index (κ2) is 12.6. The Balaban J connectivity index is 1.36. The SMILES string of the molecule is Cc1nnc(-c2cc(Cl)ccc2F)cc1Nc1ccnc(NC(=O)CN2CCCN(C(=O)OC(C)(C)C)CC2)c1. The number of aryl methyl sites for hydroxylation is 1. The van der Waals surface area contributed by atoms with Gasteiger partial charge in [0.1, 0.15) is 17.2 Å². The van der Waals surface area contributed by atoms with Gasteiger partial charge in [-0.15, -0.1) is 0 Å². The average molecular weight is 570 g/mol. The molecule has 12 heteroatoms. The van der Waals surface area contributed by atoms with Crippen LogP contribution in [0.25, 0.3) is 11.3 Å². The summed E-state index contributed by atoms with van der Waals surface area (Å²) < 4.78 is 19.8. The molecule has 0 bridgehead atoms. The summed E-state index contributed by atoms with van der Waals surface area (Å²) in [6.45, 7) is 9.78. The van der Waals surface area contributed by atoms with Crippen LogP contribution in [0, 0.1) is 12.7 Å². The summed E-state index contributed by atoms with van der Waals surface area (Å²) in [5, 5.41) is 14.7. The highest BCUT2D eigenvalue weighted by molar-refractivity contribution is 6.30. The number of benzene rings is 1. The Morgan fingerprint density at radius 2 is 1.88 bits per heavy atom. The van der Waals surface area contributed by atoms with Gasteiger partial charge in [0.25, 0.3) is 0 Å². The molecule has 0 unspecified atom stereocenters. The maximum Gasteiger partial charge on any atom is 0.410 e. The molecule has 0 atom stereocenters. The van der Waals surface area contributed by atoms with Crippen molar-refractivity contribution in [3.63, 3.8) is 0 Å². The largest absolute Gasteiger partial charge is 0.444 e. The molecule has 3 aromatic rings. The Morgan fingerprint density at radius 3 is 2.65 bits per heavy atom. The number of carbonyl (C=O) groups is 2. The molecule has 2 N–H and O–H groups in total. The van der Waals surface area contributed by atoms with Crippen molar-refractivity contribution in [3.05, 3.63) is 59.1 Å². The van der Waals surface area contributed by atoms with Gasteiger partial charge in [0.2, 0.25) is 5.91 Å². The number of amides is 2. The van der Waals surface area contributed by atoms with Crippen LogP contribution in [0.4, 0.5) is 26.4 Å². The predicted octanol–water partition coefficient (Wildman–Crippen LogP) is 5.26. The van der Waals surface area contributed by atoms with E-state index in [0.717, 1.165) is 6.42 Å². The van der Waals surface area contributed by atoms with Crippen LogP contribution in [0.3, 0.4) is 0 Å². The number of aromatic nitrogens is 3. The first-order valence-corrected chi connectivity index (χ1v) is 13.4. The second-order valence-electron chi connectivity index (χ2n) is 10.6. The number of anilines is 3. The van der Waals surface area contributed by atoms with Crippen molar-refractivity contribution in [2.24, 2.45) is 0 Å². The van der Waals surface area contributed by atoms with Crippen LogP contribution in [0.2, 0.25) is 5.02 Å². The second-order valence-corrected chi connectivity index (χ2v) is 11.0. The van der Waals surface area contributed by atoms with Gasteiger partial charge in [-0.05, 0) is 64.4 Å². The molecule has 2 amide bonds. The van der Waals surface area contributed by atoms with E-state index < -0.39 is 11.4 Å². The monoisotopic (exact) mass is 569 g/mol. The fourth-order valence-corrected chi connectivity index (χ4v) is 4.33. The normalized spacial score (nSPS) is 14.4. The Morgan fingerprint density at radius 1 is 1.07 bits per heavy atom. The molecule has 1 aliphatic rings. The van der Waals surface area contributed by atoms with Crippen LogP contribution in [0.1, 0.15) is 32.9 Å². The lowest BCUT2D eigenvalue weighted by Crippen LogP contribution is -2.40. The van der Waals surface area contributed by atoms with Crippen LogP contribution in [0.15, 0.2) is 42.6 Å². The van der Waals surface area contributed by atoms with Gasteiger partial charge in [-0.1, -0.05) is 11.6 Å². The van der Waals surface area contributed by atoms with Crippen molar-refractivity contribution in [1.82, 2.24) is 25.0 Å². The third-order valence-electron chi connectivity index (χ3n) is 6.10. The van der Waals surface area contributed by atoms with Gasteiger partial charge < -0.3 is 20.3 Å². The first-order chi connectivity index (χ1) is 19.0. The summed E-state index contributed by atoms with van der Waals surface area (Å²) in [5.74, 6) is -0.291. The molecule has 1 fully saturated rings. The highest BCUT2D eigenvalue weighted by atomic mass is 35.5. The minimum atomic E-state index is -0.553. The molecule has 1 aromatic carbocycles. The molecule has 1 aliphatic heterocycles. The van der Waals surface area contributed by atoms with Crippen molar-refractivity contribution in [2.75, 3.05) is 43.4 Å². The van der Waals surface area contributed by atoms with Crippen LogP contribution in [-0.4, -0.2) is 75.3 Å². The Kier molecular flexibility index (Phi) is 9.16. The molecular weight excluding hydrogens is 537 g/mol. The zero-order valence-electron chi connectivity index (χ0n) is 23.0. The van der Waals surface area contributed by atoms with E-state index >= 15 is 0 Å². The number of hydrogen-bond acceptors (Lipinski definition) is 8. The zero-order valence-corrected chi connectivity index (χ0v) is 23.8. The van der Waals surface area contributed by atoms with Gasteiger partial charge in [0.05, 0.1) is 23.6 Å². The molecule has 4 rings (SSSR count). The molecule has 0 saturated carbocycles. The number of ether oxygens (including phenoxy) is 1. The van der Waals surface area contributed by atoms with Gasteiger partial charge in [0.15, 0.2) is 0 Å². The van der Waals surface area contributed by atoms with Crippen molar-refractivity contribution >= 4 is 40.8 Å². The summed E-state index contributed by atoms with van der Waals surface area (Å²) in [5.41, 5.74) is 1.90. The van der Waals surface area contributed by atoms with E-state index in [0.29, 0.717) is 59.8 Å². The topological polar surface area (TPSA) is 113 Å². The van der Waals surface area contributed by atoms with Gasteiger partial charge >= 0.3 is 6.09 Å². The minimum absolute atomic E-state index is 0.170. The Hall–Kier alpha value is -3.83. The highest BCUT2D eigenvalue weighted by Crippen LogP contribution is 2.28. The molecule has 40 heavy (non-hydrogen) atoms. The summed E-state index contributed by atoms with van der Waals surface area (Å²) in [6.07, 6.45) is 1.98. The average Bonchev–Trinajstić information content (AvgIpc) is 3.12. The van der Waals surface area contributed by atoms with E-state index in [-0.39, 0.29) is 24.1 Å². The molecular formula is C28H33ClFN7O3. The predicted molar refractivity (Wildman–Crippen MR) is 152 cm³/mol. The molecule has 1 saturated heterocycles. The first-order valence-electron chi connectivity index (χ1n) is 13.0. The summed E-state index contributed by atoms with van der Waals surface area (Å²) in [6, 6.07) is 9.39. The summed E-state index contributed by atoms with van der Waals surface area (Å²) in [4.78, 5) is 33.1.